The first-order chi connectivity index (χ1) is 7.31. The molecule has 1 heterocycles. The van der Waals surface area contributed by atoms with E-state index in [4.69, 9.17) is 11.0 Å². The highest BCUT2D eigenvalue weighted by Gasteiger charge is 2.01. The fourth-order valence-electron chi connectivity index (χ4n) is 1.38. The van der Waals surface area contributed by atoms with Gasteiger partial charge in [0.2, 0.25) is 0 Å². The molecule has 72 valence electrons. The van der Waals surface area contributed by atoms with Crippen LogP contribution < -0.4 is 5.73 Å². The summed E-state index contributed by atoms with van der Waals surface area (Å²) in [7, 11) is 0. The molecule has 3 nitrogen and oxygen atoms in total. The predicted molar refractivity (Wildman–Crippen MR) is 58.8 cm³/mol. The summed E-state index contributed by atoms with van der Waals surface area (Å²) in [4.78, 5) is 4.03. The van der Waals surface area contributed by atoms with Crippen LogP contribution in [-0.4, -0.2) is 4.98 Å². The van der Waals surface area contributed by atoms with Crippen molar-refractivity contribution < 1.29 is 0 Å². The highest BCUT2D eigenvalue weighted by molar-refractivity contribution is 5.69. The molecule has 0 unspecified atom stereocenters. The third kappa shape index (κ3) is 1.79. The molecule has 0 bridgehead atoms. The number of hydrogen-bond acceptors (Lipinski definition) is 3. The Morgan fingerprint density at radius 2 is 2.07 bits per heavy atom. The van der Waals surface area contributed by atoms with Crippen molar-refractivity contribution in [1.29, 1.82) is 5.26 Å². The maximum atomic E-state index is 8.74. The second-order valence-electron chi connectivity index (χ2n) is 3.16. The van der Waals surface area contributed by atoms with E-state index in [9.17, 15) is 0 Å². The molecule has 1 aromatic carbocycles. The van der Waals surface area contributed by atoms with Crippen LogP contribution in [0.3, 0.4) is 0 Å². The summed E-state index contributed by atoms with van der Waals surface area (Å²) < 4.78 is 0. The molecular weight excluding hydrogens is 186 g/mol. The van der Waals surface area contributed by atoms with Gasteiger partial charge < -0.3 is 5.73 Å². The van der Waals surface area contributed by atoms with Gasteiger partial charge in [0.1, 0.15) is 6.07 Å². The maximum absolute atomic E-state index is 8.74. The average molecular weight is 195 g/mol. The fourth-order valence-corrected chi connectivity index (χ4v) is 1.38. The number of nitriles is 1. The number of aromatic nitrogens is 1. The number of nitrogens with zero attached hydrogens (tertiary/aromatic N) is 2. The molecule has 0 spiro atoms. The van der Waals surface area contributed by atoms with Crippen LogP contribution in [0.4, 0.5) is 5.69 Å². The van der Waals surface area contributed by atoms with Gasteiger partial charge in [0, 0.05) is 18.0 Å². The van der Waals surface area contributed by atoms with Crippen LogP contribution in [0.15, 0.2) is 42.7 Å². The van der Waals surface area contributed by atoms with Crippen molar-refractivity contribution in [3.8, 4) is 17.2 Å². The third-order valence-corrected chi connectivity index (χ3v) is 2.17. The summed E-state index contributed by atoms with van der Waals surface area (Å²) >= 11 is 0. The molecule has 3 heteroatoms. The van der Waals surface area contributed by atoms with E-state index in [1.54, 1.807) is 24.5 Å². The zero-order valence-corrected chi connectivity index (χ0v) is 8.01. The Labute approximate surface area is 87.8 Å². The van der Waals surface area contributed by atoms with E-state index < -0.39 is 0 Å². The van der Waals surface area contributed by atoms with Crippen molar-refractivity contribution in [3.63, 3.8) is 0 Å². The van der Waals surface area contributed by atoms with E-state index >= 15 is 0 Å². The lowest BCUT2D eigenvalue weighted by Gasteiger charge is -2.03. The first-order valence-electron chi connectivity index (χ1n) is 4.51. The molecule has 2 N–H and O–H groups in total. The summed E-state index contributed by atoms with van der Waals surface area (Å²) in [6.07, 6.45) is 3.48. The Balaban J connectivity index is 2.49. The first-order valence-corrected chi connectivity index (χ1v) is 4.51. The van der Waals surface area contributed by atoms with E-state index in [1.165, 1.54) is 0 Å². The number of pyridine rings is 1. The molecule has 0 saturated heterocycles. The molecule has 0 radical (unpaired) electrons. The van der Waals surface area contributed by atoms with E-state index in [-0.39, 0.29) is 0 Å². The zero-order chi connectivity index (χ0) is 10.7. The molecule has 0 saturated carbocycles. The normalized spacial score (nSPS) is 9.53. The van der Waals surface area contributed by atoms with Gasteiger partial charge >= 0.3 is 0 Å². The predicted octanol–water partition coefficient (Wildman–Crippen LogP) is 2.20. The molecule has 0 aliphatic rings. The van der Waals surface area contributed by atoms with Gasteiger partial charge in [0.25, 0.3) is 0 Å². The lowest BCUT2D eigenvalue weighted by molar-refractivity contribution is 1.33. The van der Waals surface area contributed by atoms with Crippen LogP contribution in [0.1, 0.15) is 5.56 Å². The van der Waals surface area contributed by atoms with Crippen LogP contribution in [-0.2, 0) is 0 Å². The lowest BCUT2D eigenvalue weighted by Crippen LogP contribution is -1.90. The molecule has 2 rings (SSSR count). The van der Waals surface area contributed by atoms with Crippen LogP contribution in [0.2, 0.25) is 0 Å². The Morgan fingerprint density at radius 1 is 1.20 bits per heavy atom. The Morgan fingerprint density at radius 3 is 2.67 bits per heavy atom. The number of rotatable bonds is 1. The minimum absolute atomic E-state index is 0.499. The van der Waals surface area contributed by atoms with Gasteiger partial charge in [0.05, 0.1) is 11.3 Å². The van der Waals surface area contributed by atoms with E-state index in [0.717, 1.165) is 11.1 Å². The quantitative estimate of drug-likeness (QED) is 0.709. The van der Waals surface area contributed by atoms with Crippen molar-refractivity contribution in [2.75, 3.05) is 5.73 Å². The molecule has 1 aromatic heterocycles. The molecule has 0 fully saturated rings. The van der Waals surface area contributed by atoms with Gasteiger partial charge in [-0.25, -0.2) is 0 Å². The standard InChI is InChI=1S/C12H9N3/c13-7-10-4-3-9(6-12(10)14)11-2-1-5-15-8-11/h1-6,8H,14H2. The molecule has 0 aliphatic carbocycles. The van der Waals surface area contributed by atoms with Crippen molar-refractivity contribution in [1.82, 2.24) is 4.98 Å². The van der Waals surface area contributed by atoms with Crippen molar-refractivity contribution in [2.45, 2.75) is 0 Å². The second kappa shape index (κ2) is 3.81. The summed E-state index contributed by atoms with van der Waals surface area (Å²) in [6, 6.07) is 11.2. The van der Waals surface area contributed by atoms with Gasteiger partial charge in [-0.15, -0.1) is 0 Å². The number of benzene rings is 1. The average Bonchev–Trinajstić information content (AvgIpc) is 2.30. The number of nitrogen functional groups attached to an aromatic ring is 1. The monoisotopic (exact) mass is 195 g/mol. The van der Waals surface area contributed by atoms with Gasteiger partial charge in [-0.2, -0.15) is 5.26 Å². The molecule has 15 heavy (non-hydrogen) atoms. The zero-order valence-electron chi connectivity index (χ0n) is 8.01. The largest absolute Gasteiger partial charge is 0.398 e. The summed E-state index contributed by atoms with van der Waals surface area (Å²) in [5, 5.41) is 8.74. The van der Waals surface area contributed by atoms with Gasteiger partial charge in [-0.1, -0.05) is 12.1 Å². The van der Waals surface area contributed by atoms with E-state index in [2.05, 4.69) is 4.98 Å². The van der Waals surface area contributed by atoms with Gasteiger partial charge in [-0.05, 0) is 23.8 Å². The van der Waals surface area contributed by atoms with Gasteiger partial charge in [0.15, 0.2) is 0 Å². The SMILES string of the molecule is N#Cc1ccc(-c2cccnc2)cc1N. The minimum atomic E-state index is 0.499. The van der Waals surface area contributed by atoms with Crippen LogP contribution in [0, 0.1) is 11.3 Å². The Bertz CT molecular complexity index is 512. The first kappa shape index (κ1) is 9.22. The summed E-state index contributed by atoms with van der Waals surface area (Å²) in [5.41, 5.74) is 8.69. The Hall–Kier alpha value is -2.34. The topological polar surface area (TPSA) is 62.7 Å². The molecule has 0 atom stereocenters. The van der Waals surface area contributed by atoms with Crippen molar-refractivity contribution in [3.05, 3.63) is 48.3 Å². The van der Waals surface area contributed by atoms with E-state index in [1.807, 2.05) is 24.3 Å². The molecule has 2 aromatic rings. The van der Waals surface area contributed by atoms with Crippen LogP contribution >= 0.6 is 0 Å². The smallest absolute Gasteiger partial charge is 0.101 e. The number of nitrogens with two attached hydrogens (primary N) is 1. The lowest BCUT2D eigenvalue weighted by atomic mass is 10.0. The summed E-state index contributed by atoms with van der Waals surface area (Å²) in [5.74, 6) is 0. The molecule has 0 aliphatic heterocycles. The van der Waals surface area contributed by atoms with Crippen LogP contribution in [0.5, 0.6) is 0 Å². The van der Waals surface area contributed by atoms with Crippen molar-refractivity contribution in [2.24, 2.45) is 0 Å². The number of anilines is 1. The summed E-state index contributed by atoms with van der Waals surface area (Å²) in [6.45, 7) is 0. The highest BCUT2D eigenvalue weighted by Crippen LogP contribution is 2.22. The van der Waals surface area contributed by atoms with Crippen molar-refractivity contribution >= 4 is 5.69 Å². The second-order valence-corrected chi connectivity index (χ2v) is 3.16. The van der Waals surface area contributed by atoms with Gasteiger partial charge in [-0.3, -0.25) is 4.98 Å². The maximum Gasteiger partial charge on any atom is 0.101 e. The van der Waals surface area contributed by atoms with E-state index in [0.29, 0.717) is 11.3 Å². The minimum Gasteiger partial charge on any atom is -0.398 e. The number of hydrogen-bond donors (Lipinski definition) is 1. The highest BCUT2D eigenvalue weighted by atomic mass is 14.6. The molecule has 0 amide bonds. The Kier molecular flexibility index (Phi) is 2.34. The fraction of sp³-hybridized carbons (Fsp3) is 0. The molecular formula is C12H9N3. The third-order valence-electron chi connectivity index (χ3n) is 2.17. The van der Waals surface area contributed by atoms with Crippen LogP contribution in [0.25, 0.3) is 11.1 Å².